The largest absolute Gasteiger partial charge is 0.508 e. The molecule has 1 aliphatic rings. The number of fused-ring (bicyclic) bond motifs is 1. The average molecular weight is 608 g/mol. The highest BCUT2D eigenvalue weighted by atomic mass is 16.6. The lowest BCUT2D eigenvalue weighted by Gasteiger charge is -2.35. The number of ether oxygens (including phenoxy) is 1. The van der Waals surface area contributed by atoms with Gasteiger partial charge in [-0.05, 0) is 105 Å². The lowest BCUT2D eigenvalue weighted by atomic mass is 9.94. The van der Waals surface area contributed by atoms with E-state index < -0.39 is 23.8 Å². The van der Waals surface area contributed by atoms with Gasteiger partial charge in [-0.2, -0.15) is 0 Å². The zero-order valence-electron chi connectivity index (χ0n) is 26.5. The first kappa shape index (κ1) is 31.6. The summed E-state index contributed by atoms with van der Waals surface area (Å²) in [5.41, 5.74) is 3.25. The maximum absolute atomic E-state index is 14.7. The fourth-order valence-corrected chi connectivity index (χ4v) is 5.53. The van der Waals surface area contributed by atoms with Crippen LogP contribution in [0.5, 0.6) is 5.75 Å². The van der Waals surface area contributed by atoms with Crippen molar-refractivity contribution in [2.24, 2.45) is 0 Å². The molecule has 0 bridgehead atoms. The van der Waals surface area contributed by atoms with Crippen molar-refractivity contribution in [1.82, 2.24) is 10.2 Å². The zero-order chi connectivity index (χ0) is 32.3. The molecule has 1 saturated carbocycles. The summed E-state index contributed by atoms with van der Waals surface area (Å²) in [5.74, 6) is -0.613. The van der Waals surface area contributed by atoms with Crippen LogP contribution in [0.3, 0.4) is 0 Å². The third-order valence-electron chi connectivity index (χ3n) is 8.04. The van der Waals surface area contributed by atoms with E-state index in [0.717, 1.165) is 45.9 Å². The number of anilines is 1. The lowest BCUT2D eigenvalue weighted by Crippen LogP contribution is -2.54. The summed E-state index contributed by atoms with van der Waals surface area (Å²) in [4.78, 5) is 43.7. The number of nitrogens with one attached hydrogen (secondary N) is 2. The smallest absolute Gasteiger partial charge is 0.408 e. The van der Waals surface area contributed by atoms with Crippen molar-refractivity contribution < 1.29 is 24.2 Å². The van der Waals surface area contributed by atoms with Crippen molar-refractivity contribution in [1.29, 1.82) is 0 Å². The van der Waals surface area contributed by atoms with Crippen LogP contribution in [0.2, 0.25) is 0 Å². The van der Waals surface area contributed by atoms with Gasteiger partial charge in [0.05, 0.1) is 0 Å². The second-order valence-corrected chi connectivity index (χ2v) is 12.8. The van der Waals surface area contributed by atoms with Crippen LogP contribution in [0.1, 0.15) is 61.9 Å². The fourth-order valence-electron chi connectivity index (χ4n) is 5.53. The molecule has 0 aromatic heterocycles. The van der Waals surface area contributed by atoms with Crippen molar-refractivity contribution in [3.05, 3.63) is 107 Å². The maximum Gasteiger partial charge on any atom is 0.408 e. The maximum atomic E-state index is 14.7. The highest BCUT2D eigenvalue weighted by molar-refractivity contribution is 6.01. The molecule has 45 heavy (non-hydrogen) atoms. The van der Waals surface area contributed by atoms with Crippen LogP contribution in [0, 0.1) is 13.8 Å². The molecular weight excluding hydrogens is 566 g/mol. The van der Waals surface area contributed by atoms with E-state index in [1.54, 1.807) is 49.9 Å². The molecule has 4 aromatic rings. The minimum atomic E-state index is -1.02. The highest BCUT2D eigenvalue weighted by Gasteiger charge is 2.44. The summed E-state index contributed by atoms with van der Waals surface area (Å²) in [5, 5.41) is 17.8. The van der Waals surface area contributed by atoms with Crippen LogP contribution in [0.4, 0.5) is 10.5 Å². The van der Waals surface area contributed by atoms with E-state index in [9.17, 15) is 19.5 Å². The number of carbonyl (C=O) groups is 3. The average Bonchev–Trinajstić information content (AvgIpc) is 3.82. The van der Waals surface area contributed by atoms with Gasteiger partial charge >= 0.3 is 6.09 Å². The predicted molar refractivity (Wildman–Crippen MR) is 176 cm³/mol. The minimum absolute atomic E-state index is 0.0988. The molecule has 234 valence electrons. The van der Waals surface area contributed by atoms with Crippen LogP contribution in [0.15, 0.2) is 84.9 Å². The van der Waals surface area contributed by atoms with E-state index in [4.69, 9.17) is 4.74 Å². The first-order valence-corrected chi connectivity index (χ1v) is 15.3. The zero-order valence-corrected chi connectivity index (χ0v) is 26.5. The van der Waals surface area contributed by atoms with Gasteiger partial charge in [-0.25, -0.2) is 4.79 Å². The van der Waals surface area contributed by atoms with Crippen LogP contribution in [-0.4, -0.2) is 45.6 Å². The van der Waals surface area contributed by atoms with E-state index >= 15 is 0 Å². The first-order chi connectivity index (χ1) is 21.4. The SMILES string of the molecule is Cc1cccc(C(C(=O)Nc2ccc3ccccc3c2)N(C(=O)C(Cc2ccc(O)cc2)NC(=O)OC(C)(C)C)C2CC2)c1C. The Kier molecular flexibility index (Phi) is 9.14. The molecule has 1 aliphatic carbocycles. The van der Waals surface area contributed by atoms with Gasteiger partial charge in [-0.3, -0.25) is 9.59 Å². The number of aryl methyl sites for hydroxylation is 1. The normalized spacial score (nSPS) is 14.3. The van der Waals surface area contributed by atoms with Gasteiger partial charge in [0.1, 0.15) is 23.4 Å². The molecule has 8 heteroatoms. The number of benzene rings is 4. The van der Waals surface area contributed by atoms with Gasteiger partial charge < -0.3 is 25.4 Å². The number of phenols is 1. The number of hydrogen-bond donors (Lipinski definition) is 3. The topological polar surface area (TPSA) is 108 Å². The van der Waals surface area contributed by atoms with Crippen molar-refractivity contribution in [2.45, 2.75) is 77.6 Å². The molecule has 0 spiro atoms. The molecule has 0 aliphatic heterocycles. The minimum Gasteiger partial charge on any atom is -0.508 e. The fraction of sp³-hybridized carbons (Fsp3) is 0.324. The molecule has 1 fully saturated rings. The molecule has 0 saturated heterocycles. The van der Waals surface area contributed by atoms with Crippen molar-refractivity contribution in [3.63, 3.8) is 0 Å². The van der Waals surface area contributed by atoms with Gasteiger partial charge in [0.25, 0.3) is 5.91 Å². The van der Waals surface area contributed by atoms with Crippen molar-refractivity contribution in [2.75, 3.05) is 5.32 Å². The van der Waals surface area contributed by atoms with E-state index in [-0.39, 0.29) is 30.0 Å². The Hall–Kier alpha value is -4.85. The molecule has 2 atom stereocenters. The molecule has 4 aromatic carbocycles. The first-order valence-electron chi connectivity index (χ1n) is 15.3. The third-order valence-corrected chi connectivity index (χ3v) is 8.04. The molecule has 3 N–H and O–H groups in total. The molecule has 3 amide bonds. The van der Waals surface area contributed by atoms with E-state index in [1.807, 2.05) is 74.5 Å². The predicted octanol–water partition coefficient (Wildman–Crippen LogP) is 6.97. The Morgan fingerprint density at radius 2 is 1.60 bits per heavy atom. The van der Waals surface area contributed by atoms with Crippen LogP contribution in [0.25, 0.3) is 10.8 Å². The Morgan fingerprint density at radius 3 is 2.27 bits per heavy atom. The van der Waals surface area contributed by atoms with Gasteiger partial charge in [-0.15, -0.1) is 0 Å². The van der Waals surface area contributed by atoms with E-state index in [0.29, 0.717) is 5.69 Å². The molecule has 2 unspecified atom stereocenters. The molecular formula is C37H41N3O5. The Balaban J connectivity index is 1.54. The number of aromatic hydroxyl groups is 1. The number of alkyl carbamates (subject to hydrolysis) is 1. The monoisotopic (exact) mass is 607 g/mol. The summed E-state index contributed by atoms with van der Waals surface area (Å²) in [6.45, 7) is 9.22. The number of hydrogen-bond acceptors (Lipinski definition) is 5. The summed E-state index contributed by atoms with van der Waals surface area (Å²) in [6.07, 6.45) is 0.913. The highest BCUT2D eigenvalue weighted by Crippen LogP contribution is 2.38. The molecule has 0 heterocycles. The van der Waals surface area contributed by atoms with Crippen LogP contribution in [-0.2, 0) is 20.7 Å². The molecule has 8 nitrogen and oxygen atoms in total. The summed E-state index contributed by atoms with van der Waals surface area (Å²) < 4.78 is 5.53. The van der Waals surface area contributed by atoms with Gasteiger partial charge in [-0.1, -0.05) is 60.7 Å². The molecule has 5 rings (SSSR count). The van der Waals surface area contributed by atoms with E-state index in [1.165, 1.54) is 0 Å². The van der Waals surface area contributed by atoms with Crippen LogP contribution < -0.4 is 10.6 Å². The number of carbonyl (C=O) groups excluding carboxylic acids is 3. The van der Waals surface area contributed by atoms with Gasteiger partial charge in [0.2, 0.25) is 5.91 Å². The summed E-state index contributed by atoms with van der Waals surface area (Å²) >= 11 is 0. The summed E-state index contributed by atoms with van der Waals surface area (Å²) in [7, 11) is 0. The van der Waals surface area contributed by atoms with Gasteiger partial charge in [0.15, 0.2) is 0 Å². The second-order valence-electron chi connectivity index (χ2n) is 12.8. The lowest BCUT2D eigenvalue weighted by molar-refractivity contribution is -0.141. The Labute approximate surface area is 264 Å². The Morgan fingerprint density at radius 1 is 0.911 bits per heavy atom. The van der Waals surface area contributed by atoms with E-state index in [2.05, 4.69) is 10.6 Å². The summed E-state index contributed by atoms with van der Waals surface area (Å²) in [6, 6.07) is 23.8. The standard InChI is InChI=1S/C37H41N3O5/c1-23-9-8-12-31(24(23)2)33(34(42)38-28-16-15-26-10-6-7-11-27(26)22-28)40(29-17-18-29)35(43)32(39-36(44)45-37(3,4)5)21-25-13-19-30(41)20-14-25/h6-16,19-20,22,29,32-33,41H,17-18,21H2,1-5H3,(H,38,42)(H,39,44). The van der Waals surface area contributed by atoms with Crippen molar-refractivity contribution in [3.8, 4) is 5.75 Å². The number of nitrogens with zero attached hydrogens (tertiary/aromatic N) is 1. The second kappa shape index (κ2) is 13.0. The van der Waals surface area contributed by atoms with Crippen molar-refractivity contribution >= 4 is 34.4 Å². The number of phenolic OH excluding ortho intramolecular Hbond substituents is 1. The van der Waals surface area contributed by atoms with Gasteiger partial charge in [0, 0.05) is 18.2 Å². The number of rotatable bonds is 9. The Bertz CT molecular complexity index is 1710. The molecule has 0 radical (unpaired) electrons. The van der Waals surface area contributed by atoms with Crippen LogP contribution >= 0.6 is 0 Å². The number of amides is 3. The quantitative estimate of drug-likeness (QED) is 0.191. The third kappa shape index (κ3) is 7.81.